The molecule has 3 rings (SSSR count). The molecule has 0 saturated carbocycles. The van der Waals surface area contributed by atoms with E-state index in [4.69, 9.17) is 4.74 Å². The van der Waals surface area contributed by atoms with Gasteiger partial charge in [0, 0.05) is 6.04 Å². The summed E-state index contributed by atoms with van der Waals surface area (Å²) in [5.41, 5.74) is 2.47. The molecule has 1 fully saturated rings. The lowest BCUT2D eigenvalue weighted by Gasteiger charge is -2.42. The summed E-state index contributed by atoms with van der Waals surface area (Å²) in [6, 6.07) is 21.7. The SMILES string of the molecule is C=C[C@H]1OC(C)(C)CC[C@@H]1NC(c1ccccc1)c1ccccc1. The number of nitrogens with one attached hydrogen (secondary N) is 1. The van der Waals surface area contributed by atoms with E-state index >= 15 is 0 Å². The summed E-state index contributed by atoms with van der Waals surface area (Å²) >= 11 is 0. The number of rotatable bonds is 5. The molecule has 2 heteroatoms. The van der Waals surface area contributed by atoms with Gasteiger partial charge in [-0.15, -0.1) is 6.58 Å². The smallest absolute Gasteiger partial charge is 0.0913 e. The van der Waals surface area contributed by atoms with Crippen LogP contribution in [-0.4, -0.2) is 17.7 Å². The Kier molecular flexibility index (Phi) is 5.17. The monoisotopic (exact) mass is 321 g/mol. The van der Waals surface area contributed by atoms with Crippen molar-refractivity contribution in [2.75, 3.05) is 0 Å². The topological polar surface area (TPSA) is 21.3 Å². The van der Waals surface area contributed by atoms with Crippen molar-refractivity contribution >= 4 is 0 Å². The zero-order chi connectivity index (χ0) is 17.0. The van der Waals surface area contributed by atoms with Gasteiger partial charge >= 0.3 is 0 Å². The molecule has 1 saturated heterocycles. The third-order valence-electron chi connectivity index (χ3n) is 4.79. The fourth-order valence-electron chi connectivity index (χ4n) is 3.46. The van der Waals surface area contributed by atoms with Crippen LogP contribution in [0.2, 0.25) is 0 Å². The Morgan fingerprint density at radius 2 is 1.58 bits per heavy atom. The molecule has 2 atom stereocenters. The quantitative estimate of drug-likeness (QED) is 0.793. The van der Waals surface area contributed by atoms with Crippen molar-refractivity contribution < 1.29 is 4.74 Å². The molecule has 24 heavy (non-hydrogen) atoms. The van der Waals surface area contributed by atoms with Gasteiger partial charge in [0.05, 0.1) is 17.7 Å². The van der Waals surface area contributed by atoms with Crippen molar-refractivity contribution in [3.8, 4) is 0 Å². The molecule has 1 aliphatic heterocycles. The van der Waals surface area contributed by atoms with E-state index in [0.29, 0.717) is 0 Å². The Hall–Kier alpha value is -1.90. The van der Waals surface area contributed by atoms with Crippen LogP contribution >= 0.6 is 0 Å². The van der Waals surface area contributed by atoms with Gasteiger partial charge in [0.25, 0.3) is 0 Å². The number of ether oxygens (including phenoxy) is 1. The van der Waals surface area contributed by atoms with Crippen molar-refractivity contribution in [2.24, 2.45) is 0 Å². The van der Waals surface area contributed by atoms with Crippen LogP contribution in [0.3, 0.4) is 0 Å². The average molecular weight is 321 g/mol. The molecule has 1 N–H and O–H groups in total. The first-order valence-electron chi connectivity index (χ1n) is 8.75. The van der Waals surface area contributed by atoms with Gasteiger partial charge in [0.2, 0.25) is 0 Å². The van der Waals surface area contributed by atoms with E-state index in [-0.39, 0.29) is 23.8 Å². The summed E-state index contributed by atoms with van der Waals surface area (Å²) in [6.45, 7) is 8.30. The summed E-state index contributed by atoms with van der Waals surface area (Å²) in [4.78, 5) is 0. The molecule has 2 nitrogen and oxygen atoms in total. The molecule has 0 bridgehead atoms. The number of benzene rings is 2. The first kappa shape index (κ1) is 16.9. The summed E-state index contributed by atoms with van der Waals surface area (Å²) in [5.74, 6) is 0. The molecule has 0 unspecified atom stereocenters. The highest BCUT2D eigenvalue weighted by Crippen LogP contribution is 2.31. The molecule has 0 spiro atoms. The third-order valence-corrected chi connectivity index (χ3v) is 4.79. The molecule has 126 valence electrons. The normalized spacial score (nSPS) is 23.1. The standard InChI is InChI=1S/C22H27NO/c1-4-20-19(15-16-22(2,3)24-20)23-21(17-11-7-5-8-12-17)18-13-9-6-10-14-18/h4-14,19-21,23H,1,15-16H2,2-3H3/t19-,20+/m0/s1. The van der Waals surface area contributed by atoms with E-state index in [9.17, 15) is 0 Å². The summed E-state index contributed by atoms with van der Waals surface area (Å²) in [7, 11) is 0. The second kappa shape index (κ2) is 7.33. The maximum Gasteiger partial charge on any atom is 0.0913 e. The Bertz CT molecular complexity index is 611. The first-order valence-corrected chi connectivity index (χ1v) is 8.75. The lowest BCUT2D eigenvalue weighted by Crippen LogP contribution is -2.50. The largest absolute Gasteiger partial charge is 0.367 e. The van der Waals surface area contributed by atoms with E-state index in [2.05, 4.69) is 86.4 Å². The second-order valence-corrected chi connectivity index (χ2v) is 7.14. The number of hydrogen-bond acceptors (Lipinski definition) is 2. The minimum absolute atomic E-state index is 0.0312. The van der Waals surface area contributed by atoms with Crippen LogP contribution in [0.15, 0.2) is 73.3 Å². The van der Waals surface area contributed by atoms with Crippen LogP contribution in [0.25, 0.3) is 0 Å². The second-order valence-electron chi connectivity index (χ2n) is 7.14. The van der Waals surface area contributed by atoms with Crippen LogP contribution in [0, 0.1) is 0 Å². The molecule has 0 aromatic heterocycles. The fourth-order valence-corrected chi connectivity index (χ4v) is 3.46. The van der Waals surface area contributed by atoms with Crippen LogP contribution in [-0.2, 0) is 4.74 Å². The molecule has 2 aromatic rings. The van der Waals surface area contributed by atoms with Crippen molar-refractivity contribution in [1.82, 2.24) is 5.32 Å². The van der Waals surface area contributed by atoms with E-state index in [0.717, 1.165) is 12.8 Å². The average Bonchev–Trinajstić information content (AvgIpc) is 2.61. The Labute approximate surface area is 145 Å². The van der Waals surface area contributed by atoms with Crippen LogP contribution in [0.1, 0.15) is 43.9 Å². The molecule has 0 radical (unpaired) electrons. The van der Waals surface area contributed by atoms with Gasteiger partial charge < -0.3 is 10.1 Å². The molecular weight excluding hydrogens is 294 g/mol. The minimum atomic E-state index is -0.0774. The van der Waals surface area contributed by atoms with Crippen molar-refractivity contribution in [3.05, 3.63) is 84.4 Å². The van der Waals surface area contributed by atoms with Gasteiger partial charge in [-0.3, -0.25) is 0 Å². The lowest BCUT2D eigenvalue weighted by atomic mass is 9.89. The molecule has 0 aliphatic carbocycles. The van der Waals surface area contributed by atoms with Crippen molar-refractivity contribution in [2.45, 2.75) is 50.5 Å². The van der Waals surface area contributed by atoms with Crippen LogP contribution in [0.5, 0.6) is 0 Å². The highest BCUT2D eigenvalue weighted by molar-refractivity contribution is 5.32. The predicted octanol–water partition coefficient (Wildman–Crippen LogP) is 4.88. The third kappa shape index (κ3) is 3.95. The zero-order valence-electron chi connectivity index (χ0n) is 14.6. The predicted molar refractivity (Wildman–Crippen MR) is 100 cm³/mol. The Balaban J connectivity index is 1.86. The van der Waals surface area contributed by atoms with Crippen molar-refractivity contribution in [3.63, 3.8) is 0 Å². The van der Waals surface area contributed by atoms with E-state index in [1.165, 1.54) is 11.1 Å². The van der Waals surface area contributed by atoms with Crippen molar-refractivity contribution in [1.29, 1.82) is 0 Å². The van der Waals surface area contributed by atoms with Gasteiger partial charge in [-0.2, -0.15) is 0 Å². The van der Waals surface area contributed by atoms with Gasteiger partial charge in [-0.25, -0.2) is 0 Å². The molecular formula is C22H27NO. The van der Waals surface area contributed by atoms with Gasteiger partial charge in [0.15, 0.2) is 0 Å². The highest BCUT2D eigenvalue weighted by Gasteiger charge is 2.35. The summed E-state index contributed by atoms with van der Waals surface area (Å²) in [6.07, 6.45) is 4.10. The molecule has 2 aromatic carbocycles. The van der Waals surface area contributed by atoms with Crippen LogP contribution < -0.4 is 5.32 Å². The van der Waals surface area contributed by atoms with Gasteiger partial charge in [0.1, 0.15) is 0 Å². The zero-order valence-corrected chi connectivity index (χ0v) is 14.6. The molecule has 1 heterocycles. The van der Waals surface area contributed by atoms with E-state index in [1.54, 1.807) is 0 Å². The molecule has 0 amide bonds. The van der Waals surface area contributed by atoms with Crippen LogP contribution in [0.4, 0.5) is 0 Å². The molecule has 1 aliphatic rings. The Morgan fingerprint density at radius 3 is 2.08 bits per heavy atom. The van der Waals surface area contributed by atoms with Gasteiger partial charge in [-0.05, 0) is 37.8 Å². The maximum atomic E-state index is 6.23. The maximum absolute atomic E-state index is 6.23. The highest BCUT2D eigenvalue weighted by atomic mass is 16.5. The fraction of sp³-hybridized carbons (Fsp3) is 0.364. The van der Waals surface area contributed by atoms with E-state index < -0.39 is 0 Å². The minimum Gasteiger partial charge on any atom is -0.367 e. The first-order chi connectivity index (χ1) is 11.6. The number of hydrogen-bond donors (Lipinski definition) is 1. The summed E-state index contributed by atoms with van der Waals surface area (Å²) in [5, 5.41) is 3.83. The lowest BCUT2D eigenvalue weighted by molar-refractivity contribution is -0.102. The summed E-state index contributed by atoms with van der Waals surface area (Å²) < 4.78 is 6.23. The van der Waals surface area contributed by atoms with E-state index in [1.807, 2.05) is 6.08 Å². The van der Waals surface area contributed by atoms with Gasteiger partial charge in [-0.1, -0.05) is 66.7 Å². The Morgan fingerprint density at radius 1 is 1.04 bits per heavy atom.